The Morgan fingerprint density at radius 3 is 2.56 bits per heavy atom. The van der Waals surface area contributed by atoms with Crippen LogP contribution < -0.4 is 10.9 Å². The van der Waals surface area contributed by atoms with Crippen molar-refractivity contribution < 1.29 is 13.2 Å². The molecule has 3 rings (SSSR count). The van der Waals surface area contributed by atoms with Gasteiger partial charge in [-0.25, -0.2) is 8.42 Å². The lowest BCUT2D eigenvalue weighted by atomic mass is 10.1. The topological polar surface area (TPSA) is 85.2 Å². The van der Waals surface area contributed by atoms with E-state index >= 15 is 0 Å². The van der Waals surface area contributed by atoms with Crippen LogP contribution in [-0.4, -0.2) is 36.4 Å². The largest absolute Gasteiger partial charge is 0.348 e. The summed E-state index contributed by atoms with van der Waals surface area (Å²) < 4.78 is 24.8. The first-order valence-electron chi connectivity index (χ1n) is 8.40. The summed E-state index contributed by atoms with van der Waals surface area (Å²) in [7, 11) is -3.07. The summed E-state index contributed by atoms with van der Waals surface area (Å²) in [6.07, 6.45) is 2.01. The molecule has 1 amide bonds. The second kappa shape index (κ2) is 6.63. The van der Waals surface area contributed by atoms with Gasteiger partial charge in [0.05, 0.1) is 17.1 Å². The standard InChI is InChI=1S/C18H22N2O4S/c1-12(2)9-20-10-16(14-5-3-4-6-15(14)18(20)22)17(21)19-13-7-8-25(23,24)11-13/h3-6,10,12-13H,7-9,11H2,1-2H3,(H,19,21)/t13-/m1/s1. The summed E-state index contributed by atoms with van der Waals surface area (Å²) >= 11 is 0. The molecule has 1 fully saturated rings. The number of aromatic nitrogens is 1. The Balaban J connectivity index is 2.01. The van der Waals surface area contributed by atoms with E-state index in [0.717, 1.165) is 0 Å². The summed E-state index contributed by atoms with van der Waals surface area (Å²) in [6, 6.07) is 6.64. The van der Waals surface area contributed by atoms with Crippen LogP contribution in [0.15, 0.2) is 35.3 Å². The maximum atomic E-state index is 12.8. The van der Waals surface area contributed by atoms with Crippen molar-refractivity contribution in [3.63, 3.8) is 0 Å². The van der Waals surface area contributed by atoms with Crippen LogP contribution in [-0.2, 0) is 16.4 Å². The van der Waals surface area contributed by atoms with Crippen molar-refractivity contribution in [2.24, 2.45) is 5.92 Å². The van der Waals surface area contributed by atoms with E-state index in [1.165, 1.54) is 0 Å². The molecule has 25 heavy (non-hydrogen) atoms. The van der Waals surface area contributed by atoms with Crippen LogP contribution in [0, 0.1) is 5.92 Å². The first-order chi connectivity index (χ1) is 11.8. The highest BCUT2D eigenvalue weighted by atomic mass is 32.2. The van der Waals surface area contributed by atoms with Gasteiger partial charge in [0.1, 0.15) is 0 Å². The first-order valence-corrected chi connectivity index (χ1v) is 10.2. The summed E-state index contributed by atoms with van der Waals surface area (Å²) in [5.74, 6) is -0.000961. The molecule has 0 spiro atoms. The fraction of sp³-hybridized carbons (Fsp3) is 0.444. The minimum Gasteiger partial charge on any atom is -0.348 e. The molecular weight excluding hydrogens is 340 g/mol. The van der Waals surface area contributed by atoms with Crippen LogP contribution >= 0.6 is 0 Å². The number of fused-ring (bicyclic) bond motifs is 1. The highest BCUT2D eigenvalue weighted by molar-refractivity contribution is 7.91. The SMILES string of the molecule is CC(C)Cn1cc(C(=O)N[C@@H]2CCS(=O)(=O)C2)c2ccccc2c1=O. The third kappa shape index (κ3) is 3.76. The van der Waals surface area contributed by atoms with Crippen molar-refractivity contribution >= 4 is 26.5 Å². The fourth-order valence-electron chi connectivity index (χ4n) is 3.23. The maximum Gasteiger partial charge on any atom is 0.258 e. The summed E-state index contributed by atoms with van der Waals surface area (Å²) in [5.41, 5.74) is 0.282. The van der Waals surface area contributed by atoms with Crippen LogP contribution in [0.3, 0.4) is 0 Å². The van der Waals surface area contributed by atoms with Gasteiger partial charge in [0.15, 0.2) is 9.84 Å². The van der Waals surface area contributed by atoms with E-state index in [1.54, 1.807) is 35.0 Å². The number of hydrogen-bond donors (Lipinski definition) is 1. The number of rotatable bonds is 4. The molecule has 1 aromatic carbocycles. The van der Waals surface area contributed by atoms with Gasteiger partial charge in [0.2, 0.25) is 0 Å². The lowest BCUT2D eigenvalue weighted by Gasteiger charge is -2.16. The monoisotopic (exact) mass is 362 g/mol. The second-order valence-electron chi connectivity index (χ2n) is 7.01. The zero-order valence-electron chi connectivity index (χ0n) is 14.4. The lowest BCUT2D eigenvalue weighted by molar-refractivity contribution is 0.0942. The maximum absolute atomic E-state index is 12.8. The number of carbonyl (C=O) groups is 1. The van der Waals surface area contributed by atoms with Gasteiger partial charge < -0.3 is 9.88 Å². The number of pyridine rings is 1. The Kier molecular flexibility index (Phi) is 4.69. The highest BCUT2D eigenvalue weighted by Gasteiger charge is 2.29. The number of nitrogens with zero attached hydrogens (tertiary/aromatic N) is 1. The number of nitrogens with one attached hydrogen (secondary N) is 1. The number of carbonyl (C=O) groups excluding carboxylic acids is 1. The van der Waals surface area contributed by atoms with E-state index in [-0.39, 0.29) is 34.9 Å². The van der Waals surface area contributed by atoms with Gasteiger partial charge in [-0.3, -0.25) is 9.59 Å². The third-order valence-electron chi connectivity index (χ3n) is 4.37. The van der Waals surface area contributed by atoms with E-state index in [4.69, 9.17) is 0 Å². The minimum atomic E-state index is -3.07. The van der Waals surface area contributed by atoms with Crippen molar-refractivity contribution in [3.8, 4) is 0 Å². The molecule has 0 saturated carbocycles. The highest BCUT2D eigenvalue weighted by Crippen LogP contribution is 2.18. The molecule has 2 aromatic rings. The molecule has 0 radical (unpaired) electrons. The lowest BCUT2D eigenvalue weighted by Crippen LogP contribution is -2.36. The molecule has 0 bridgehead atoms. The first kappa shape index (κ1) is 17.7. The van der Waals surface area contributed by atoms with E-state index < -0.39 is 9.84 Å². The van der Waals surface area contributed by atoms with Crippen LogP contribution in [0.5, 0.6) is 0 Å². The molecule has 0 aliphatic carbocycles. The average Bonchev–Trinajstić information content (AvgIpc) is 2.88. The van der Waals surface area contributed by atoms with Gasteiger partial charge >= 0.3 is 0 Å². The van der Waals surface area contributed by atoms with Gasteiger partial charge in [-0.2, -0.15) is 0 Å². The molecule has 1 atom stereocenters. The van der Waals surface area contributed by atoms with Crippen LogP contribution in [0.1, 0.15) is 30.6 Å². The van der Waals surface area contributed by atoms with E-state index in [2.05, 4.69) is 5.32 Å². The molecule has 0 unspecified atom stereocenters. The smallest absolute Gasteiger partial charge is 0.258 e. The molecule has 1 aliphatic heterocycles. The predicted octanol–water partition coefficient (Wildman–Crippen LogP) is 1.57. The molecule has 2 heterocycles. The minimum absolute atomic E-state index is 0.0255. The normalized spacial score (nSPS) is 19.4. The Morgan fingerprint density at radius 1 is 1.28 bits per heavy atom. The Labute approximate surface area is 146 Å². The van der Waals surface area contributed by atoms with Crippen molar-refractivity contribution in [1.82, 2.24) is 9.88 Å². The predicted molar refractivity (Wildman–Crippen MR) is 97.6 cm³/mol. The quantitative estimate of drug-likeness (QED) is 0.895. The number of benzene rings is 1. The molecule has 1 aromatic heterocycles. The summed E-state index contributed by atoms with van der Waals surface area (Å²) in [4.78, 5) is 25.4. The van der Waals surface area contributed by atoms with Crippen molar-refractivity contribution in [2.45, 2.75) is 32.9 Å². The second-order valence-corrected chi connectivity index (χ2v) is 9.24. The molecular formula is C18H22N2O4S. The fourth-order valence-corrected chi connectivity index (χ4v) is 4.90. The van der Waals surface area contributed by atoms with Crippen LogP contribution in [0.25, 0.3) is 10.8 Å². The average molecular weight is 362 g/mol. The Hall–Kier alpha value is -2.15. The number of sulfone groups is 1. The molecule has 1 N–H and O–H groups in total. The molecule has 6 nitrogen and oxygen atoms in total. The molecule has 1 saturated heterocycles. The van der Waals surface area contributed by atoms with Gasteiger partial charge in [0, 0.05) is 29.6 Å². The zero-order chi connectivity index (χ0) is 18.2. The third-order valence-corrected chi connectivity index (χ3v) is 6.14. The number of hydrogen-bond acceptors (Lipinski definition) is 4. The van der Waals surface area contributed by atoms with Crippen LogP contribution in [0.4, 0.5) is 0 Å². The Morgan fingerprint density at radius 2 is 1.96 bits per heavy atom. The van der Waals surface area contributed by atoms with Gasteiger partial charge in [-0.15, -0.1) is 0 Å². The van der Waals surface area contributed by atoms with Gasteiger partial charge in [-0.05, 0) is 18.4 Å². The summed E-state index contributed by atoms with van der Waals surface area (Å²) in [6.45, 7) is 4.53. The van der Waals surface area contributed by atoms with Gasteiger partial charge in [0.25, 0.3) is 11.5 Å². The van der Waals surface area contributed by atoms with E-state index in [0.29, 0.717) is 29.3 Å². The molecule has 134 valence electrons. The molecule has 1 aliphatic rings. The van der Waals surface area contributed by atoms with Gasteiger partial charge in [-0.1, -0.05) is 32.0 Å². The molecule has 7 heteroatoms. The van der Waals surface area contributed by atoms with Crippen LogP contribution in [0.2, 0.25) is 0 Å². The van der Waals surface area contributed by atoms with E-state index in [1.807, 2.05) is 13.8 Å². The van der Waals surface area contributed by atoms with Crippen molar-refractivity contribution in [3.05, 3.63) is 46.4 Å². The van der Waals surface area contributed by atoms with E-state index in [9.17, 15) is 18.0 Å². The van der Waals surface area contributed by atoms with Crippen molar-refractivity contribution in [2.75, 3.05) is 11.5 Å². The zero-order valence-corrected chi connectivity index (χ0v) is 15.2. The summed E-state index contributed by atoms with van der Waals surface area (Å²) in [5, 5.41) is 3.89. The Bertz CT molecular complexity index is 976. The number of amides is 1. The van der Waals surface area contributed by atoms with Crippen molar-refractivity contribution in [1.29, 1.82) is 0 Å².